The van der Waals surface area contributed by atoms with Gasteiger partial charge in [0.25, 0.3) is 0 Å². The Hall–Kier alpha value is -4.30. The molecule has 0 spiro atoms. The molecule has 0 radical (unpaired) electrons. The number of anilines is 1. The maximum atomic E-state index is 8.22. The Morgan fingerprint density at radius 1 is 0.577 bits per heavy atom. The second kappa shape index (κ2) is 44.7. The van der Waals surface area contributed by atoms with Gasteiger partial charge in [-0.1, -0.05) is 112 Å². The number of nitrogens with two attached hydrogens (primary N) is 4. The van der Waals surface area contributed by atoms with Crippen molar-refractivity contribution in [2.24, 2.45) is 32.2 Å². The van der Waals surface area contributed by atoms with Crippen molar-refractivity contribution in [3.05, 3.63) is 60.7 Å². The van der Waals surface area contributed by atoms with Crippen molar-refractivity contribution in [2.75, 3.05) is 45.0 Å². The molecule has 0 bridgehead atoms. The minimum atomic E-state index is 0.198. The van der Waals surface area contributed by atoms with Crippen LogP contribution in [-0.2, 0) is 0 Å². The molecular weight excluding hydrogens is 647 g/mol. The Morgan fingerprint density at radius 2 is 0.962 bits per heavy atom. The highest BCUT2D eigenvalue weighted by Gasteiger charge is 2.12. The van der Waals surface area contributed by atoms with Gasteiger partial charge in [0.05, 0.1) is 5.69 Å². The number of benzene rings is 2. The molecule has 0 aromatic heterocycles. The van der Waals surface area contributed by atoms with Crippen LogP contribution in [0.15, 0.2) is 75.6 Å². The number of aliphatic imine (C=N–C) groups is 3. The van der Waals surface area contributed by atoms with Crippen LogP contribution in [0.25, 0.3) is 0 Å². The van der Waals surface area contributed by atoms with Gasteiger partial charge in [0.2, 0.25) is 18.1 Å². The molecule has 5 rings (SSSR count). The van der Waals surface area contributed by atoms with E-state index in [0.29, 0.717) is 11.9 Å². The number of para-hydroxylation sites is 2. The van der Waals surface area contributed by atoms with Crippen molar-refractivity contribution in [3.8, 4) is 6.19 Å². The van der Waals surface area contributed by atoms with Crippen molar-refractivity contribution in [2.45, 2.75) is 127 Å². The first-order valence-corrected chi connectivity index (χ1v) is 20.0. The number of nitrogen functional groups attached to an aromatic ring is 1. The topological polar surface area (TPSA) is 183 Å². The third kappa shape index (κ3) is 32.9. The third-order valence-corrected chi connectivity index (χ3v) is 6.76. The summed E-state index contributed by atoms with van der Waals surface area (Å²) in [7, 11) is 0. The summed E-state index contributed by atoms with van der Waals surface area (Å²) in [4.78, 5) is 15.8. The Kier molecular flexibility index (Phi) is 46.8. The first-order valence-electron chi connectivity index (χ1n) is 20.0. The SMILES string of the molecule is C1CCNCC1.CC.CC.CC.CC.CC.N#CN=C(N)N1CCCCC1.NC(=Nc1ccccc1)N=C(N)N1CCCCC1.Nc1ccccc1. The van der Waals surface area contributed by atoms with Gasteiger partial charge in [-0.2, -0.15) is 10.3 Å². The molecule has 3 heterocycles. The van der Waals surface area contributed by atoms with Gasteiger partial charge in [-0.25, -0.2) is 4.99 Å². The molecule has 3 aliphatic rings. The van der Waals surface area contributed by atoms with E-state index in [1.54, 1.807) is 6.19 Å². The van der Waals surface area contributed by atoms with Crippen molar-refractivity contribution >= 4 is 29.3 Å². The summed E-state index contributed by atoms with van der Waals surface area (Å²) in [6.45, 7) is 26.3. The van der Waals surface area contributed by atoms with Gasteiger partial charge in [-0.15, -0.1) is 4.99 Å². The fourth-order valence-corrected chi connectivity index (χ4v) is 4.47. The summed E-state index contributed by atoms with van der Waals surface area (Å²) in [6.07, 6.45) is 13.0. The zero-order chi connectivity index (χ0) is 40.3. The molecule has 0 atom stereocenters. The van der Waals surface area contributed by atoms with Gasteiger partial charge in [-0.3, -0.25) is 0 Å². The lowest BCUT2D eigenvalue weighted by atomic mass is 10.1. The second-order valence-corrected chi connectivity index (χ2v) is 10.2. The van der Waals surface area contributed by atoms with E-state index in [4.69, 9.17) is 28.2 Å². The molecule has 52 heavy (non-hydrogen) atoms. The first-order chi connectivity index (χ1) is 25.5. The number of hydrogen-bond donors (Lipinski definition) is 5. The maximum Gasteiger partial charge on any atom is 0.223 e. The smallest absolute Gasteiger partial charge is 0.223 e. The van der Waals surface area contributed by atoms with Crippen LogP contribution in [0, 0.1) is 11.5 Å². The zero-order valence-corrected chi connectivity index (χ0v) is 34.9. The minimum absolute atomic E-state index is 0.198. The third-order valence-electron chi connectivity index (χ3n) is 6.76. The van der Waals surface area contributed by atoms with Crippen LogP contribution in [0.5, 0.6) is 0 Å². The lowest BCUT2D eigenvalue weighted by Gasteiger charge is -2.27. The minimum Gasteiger partial charge on any atom is -0.399 e. The number of nitrogens with zero attached hydrogens (tertiary/aromatic N) is 6. The van der Waals surface area contributed by atoms with Crippen LogP contribution in [-0.4, -0.2) is 66.9 Å². The van der Waals surface area contributed by atoms with E-state index in [-0.39, 0.29) is 5.96 Å². The van der Waals surface area contributed by atoms with E-state index in [9.17, 15) is 0 Å². The van der Waals surface area contributed by atoms with Gasteiger partial charge < -0.3 is 38.1 Å². The number of guanidine groups is 3. The second-order valence-electron chi connectivity index (χ2n) is 10.2. The first kappa shape index (κ1) is 54.5. The van der Waals surface area contributed by atoms with Gasteiger partial charge in [0.15, 0.2) is 5.96 Å². The van der Waals surface area contributed by atoms with Crippen molar-refractivity contribution in [1.29, 1.82) is 5.26 Å². The van der Waals surface area contributed by atoms with E-state index >= 15 is 0 Å². The lowest BCUT2D eigenvalue weighted by Crippen LogP contribution is -2.41. The molecule has 3 fully saturated rings. The van der Waals surface area contributed by atoms with E-state index in [0.717, 1.165) is 63.2 Å². The summed E-state index contributed by atoms with van der Waals surface area (Å²) < 4.78 is 0. The quantitative estimate of drug-likeness (QED) is 0.0835. The number of hydrogen-bond acceptors (Lipinski definition) is 5. The fourth-order valence-electron chi connectivity index (χ4n) is 4.47. The molecule has 3 saturated heterocycles. The van der Waals surface area contributed by atoms with Gasteiger partial charge in [-0.05, 0) is 88.7 Å². The van der Waals surface area contributed by atoms with Crippen LogP contribution in [0.2, 0.25) is 0 Å². The number of nitrogens with one attached hydrogen (secondary N) is 1. The van der Waals surface area contributed by atoms with Crippen molar-refractivity contribution in [3.63, 3.8) is 0 Å². The molecule has 3 aliphatic heterocycles. The Balaban J connectivity index is -0.000000291. The van der Waals surface area contributed by atoms with Crippen LogP contribution in [0.4, 0.5) is 11.4 Å². The molecule has 11 nitrogen and oxygen atoms in total. The normalized spacial score (nSPS) is 14.8. The monoisotopic (exact) mass is 726 g/mol. The van der Waals surface area contributed by atoms with Gasteiger partial charge in [0.1, 0.15) is 0 Å². The molecule has 2 aromatic rings. The maximum absolute atomic E-state index is 8.22. The molecule has 298 valence electrons. The number of nitriles is 1. The Morgan fingerprint density at radius 3 is 1.29 bits per heavy atom. The van der Waals surface area contributed by atoms with Gasteiger partial charge >= 0.3 is 0 Å². The van der Waals surface area contributed by atoms with Crippen LogP contribution < -0.4 is 28.3 Å². The van der Waals surface area contributed by atoms with Crippen LogP contribution >= 0.6 is 0 Å². The highest BCUT2D eigenvalue weighted by molar-refractivity contribution is 5.94. The average Bonchev–Trinajstić information content (AvgIpc) is 3.24. The van der Waals surface area contributed by atoms with Crippen LogP contribution in [0.1, 0.15) is 127 Å². The van der Waals surface area contributed by atoms with E-state index < -0.39 is 0 Å². The fraction of sp³-hybridized carbons (Fsp3) is 0.610. The predicted molar refractivity (Wildman–Crippen MR) is 232 cm³/mol. The lowest BCUT2D eigenvalue weighted by molar-refractivity contribution is 0.339. The number of rotatable bonds is 1. The number of likely N-dealkylation sites (tertiary alicyclic amines) is 2. The van der Waals surface area contributed by atoms with Crippen molar-refractivity contribution < 1.29 is 0 Å². The van der Waals surface area contributed by atoms with E-state index in [1.807, 2.05) is 135 Å². The molecule has 0 amide bonds. The average molecular weight is 726 g/mol. The highest BCUT2D eigenvalue weighted by atomic mass is 15.3. The summed E-state index contributed by atoms with van der Waals surface area (Å²) >= 11 is 0. The summed E-state index contributed by atoms with van der Waals surface area (Å²) in [5.41, 5.74) is 24.2. The Bertz CT molecular complexity index is 1090. The van der Waals surface area contributed by atoms with Crippen molar-refractivity contribution in [1.82, 2.24) is 15.1 Å². The Labute approximate surface area is 320 Å². The van der Waals surface area contributed by atoms with E-state index in [1.165, 1.54) is 45.2 Å². The molecule has 0 unspecified atom stereocenters. The summed E-state index contributed by atoms with van der Waals surface area (Å²) in [6, 6.07) is 19.0. The van der Waals surface area contributed by atoms with Crippen LogP contribution in [0.3, 0.4) is 0 Å². The predicted octanol–water partition coefficient (Wildman–Crippen LogP) is 8.86. The summed E-state index contributed by atoms with van der Waals surface area (Å²) in [5.74, 6) is 1.03. The molecular formula is C41H79N11. The number of piperidine rings is 3. The zero-order valence-electron chi connectivity index (χ0n) is 34.9. The molecule has 2 aromatic carbocycles. The highest BCUT2D eigenvalue weighted by Crippen LogP contribution is 2.11. The standard InChI is InChI=1S/C13H19N5.C7H12N4.C6H7N.C5H11N.5C2H6/c14-12(16-11-7-3-1-4-8-11)17-13(15)18-9-5-2-6-10-18;8-6-10-7(9)11-4-2-1-3-5-11;7-6-4-2-1-3-5-6;1-2-4-6-5-3-1;5*1-2/h1,3-4,7-8H,2,5-6,9-10H2,(H4,14,15,16,17);1-5H2,(H2,9,10);1-5H,7H2;6H,1-5H2;5*1-2H3. The van der Waals surface area contributed by atoms with Gasteiger partial charge in [0, 0.05) is 31.9 Å². The molecule has 11 heteroatoms. The molecule has 9 N–H and O–H groups in total. The summed E-state index contributed by atoms with van der Waals surface area (Å²) in [5, 5.41) is 11.5. The van der Waals surface area contributed by atoms with E-state index in [2.05, 4.69) is 25.2 Å². The largest absolute Gasteiger partial charge is 0.399 e. The molecule has 0 saturated carbocycles. The molecule has 0 aliphatic carbocycles.